The van der Waals surface area contributed by atoms with Gasteiger partial charge in [0, 0.05) is 12.1 Å². The summed E-state index contributed by atoms with van der Waals surface area (Å²) in [5, 5.41) is 2.83. The summed E-state index contributed by atoms with van der Waals surface area (Å²) >= 11 is 0. The Morgan fingerprint density at radius 2 is 2.00 bits per heavy atom. The Morgan fingerprint density at radius 1 is 1.47 bits per heavy atom. The Hall–Kier alpha value is -0.770. The number of hydrogen-bond donors (Lipinski definition) is 2. The molecule has 4 nitrogen and oxygen atoms in total. The largest absolute Gasteiger partial charge is 0.444 e. The van der Waals surface area contributed by atoms with E-state index in [1.807, 2.05) is 27.7 Å². The topological polar surface area (TPSA) is 64.3 Å². The molecule has 0 aromatic heterocycles. The van der Waals surface area contributed by atoms with Crippen molar-refractivity contribution >= 4 is 6.09 Å². The maximum atomic E-state index is 11.6. The van der Waals surface area contributed by atoms with Crippen molar-refractivity contribution < 1.29 is 9.53 Å². The Bertz CT molecular complexity index is 280. The first-order chi connectivity index (χ1) is 7.70. The van der Waals surface area contributed by atoms with Gasteiger partial charge in [0.15, 0.2) is 0 Å². The first kappa shape index (κ1) is 14.3. The number of ether oxygens (including phenoxy) is 1. The van der Waals surface area contributed by atoms with Gasteiger partial charge >= 0.3 is 6.09 Å². The van der Waals surface area contributed by atoms with Crippen molar-refractivity contribution in [3.05, 3.63) is 0 Å². The molecule has 1 saturated carbocycles. The lowest BCUT2D eigenvalue weighted by molar-refractivity contribution is 0.0493. The smallest absolute Gasteiger partial charge is 0.407 e. The number of nitrogens with one attached hydrogen (secondary N) is 1. The van der Waals surface area contributed by atoms with Crippen molar-refractivity contribution in [3.63, 3.8) is 0 Å². The average Bonchev–Trinajstić information content (AvgIpc) is 2.93. The maximum Gasteiger partial charge on any atom is 0.407 e. The van der Waals surface area contributed by atoms with E-state index in [4.69, 9.17) is 10.5 Å². The molecule has 0 heterocycles. The molecule has 2 atom stereocenters. The number of amides is 1. The fourth-order valence-corrected chi connectivity index (χ4v) is 2.20. The van der Waals surface area contributed by atoms with Crippen LogP contribution in [-0.2, 0) is 4.74 Å². The second kappa shape index (κ2) is 4.84. The molecule has 0 unspecified atom stereocenters. The van der Waals surface area contributed by atoms with Gasteiger partial charge < -0.3 is 15.8 Å². The van der Waals surface area contributed by atoms with E-state index in [2.05, 4.69) is 12.2 Å². The van der Waals surface area contributed by atoms with E-state index in [9.17, 15) is 4.79 Å². The third kappa shape index (κ3) is 3.87. The first-order valence-electron chi connectivity index (χ1n) is 6.45. The number of carbonyl (C=O) groups is 1. The molecular formula is C13H26N2O2. The Labute approximate surface area is 104 Å². The standard InChI is InChI=1S/C13H26N2O2/c1-6-13(7-8-13)10(14)9(2)15-11(16)17-12(3,4)5/h9-10H,6-8,14H2,1-5H3,(H,15,16)/t9-,10-/m0/s1. The quantitative estimate of drug-likeness (QED) is 0.795. The van der Waals surface area contributed by atoms with Crippen molar-refractivity contribution in [2.24, 2.45) is 11.1 Å². The molecule has 4 heteroatoms. The predicted molar refractivity (Wildman–Crippen MR) is 68.8 cm³/mol. The molecule has 1 aliphatic carbocycles. The zero-order valence-electron chi connectivity index (χ0n) is 11.7. The van der Waals surface area contributed by atoms with Crippen LogP contribution in [0.2, 0.25) is 0 Å². The third-order valence-electron chi connectivity index (χ3n) is 3.59. The van der Waals surface area contributed by atoms with Crippen molar-refractivity contribution in [1.82, 2.24) is 5.32 Å². The van der Waals surface area contributed by atoms with Crippen LogP contribution >= 0.6 is 0 Å². The zero-order chi connectivity index (χ0) is 13.3. The van der Waals surface area contributed by atoms with Gasteiger partial charge in [-0.25, -0.2) is 4.79 Å². The van der Waals surface area contributed by atoms with Crippen molar-refractivity contribution in [2.45, 2.75) is 71.6 Å². The molecule has 3 N–H and O–H groups in total. The van der Waals surface area contributed by atoms with E-state index in [0.717, 1.165) is 6.42 Å². The highest BCUT2D eigenvalue weighted by Crippen LogP contribution is 2.51. The van der Waals surface area contributed by atoms with Gasteiger partial charge in [-0.2, -0.15) is 0 Å². The van der Waals surface area contributed by atoms with Gasteiger partial charge in [-0.1, -0.05) is 6.92 Å². The highest BCUT2D eigenvalue weighted by atomic mass is 16.6. The van der Waals surface area contributed by atoms with E-state index in [-0.39, 0.29) is 23.6 Å². The van der Waals surface area contributed by atoms with Gasteiger partial charge in [0.1, 0.15) is 5.60 Å². The van der Waals surface area contributed by atoms with Crippen LogP contribution in [0.3, 0.4) is 0 Å². The van der Waals surface area contributed by atoms with Gasteiger partial charge in [0.05, 0.1) is 0 Å². The van der Waals surface area contributed by atoms with E-state index in [1.54, 1.807) is 0 Å². The van der Waals surface area contributed by atoms with Crippen LogP contribution in [0.1, 0.15) is 53.9 Å². The van der Waals surface area contributed by atoms with Crippen molar-refractivity contribution in [1.29, 1.82) is 0 Å². The maximum absolute atomic E-state index is 11.6. The second-order valence-corrected chi connectivity index (χ2v) is 6.18. The minimum absolute atomic E-state index is 0.0139. The van der Waals surface area contributed by atoms with E-state index in [0.29, 0.717) is 0 Å². The summed E-state index contributed by atoms with van der Waals surface area (Å²) in [5.41, 5.74) is 5.99. The molecule has 17 heavy (non-hydrogen) atoms. The second-order valence-electron chi connectivity index (χ2n) is 6.18. The molecular weight excluding hydrogens is 216 g/mol. The number of alkyl carbamates (subject to hydrolysis) is 1. The van der Waals surface area contributed by atoms with Gasteiger partial charge in [0.25, 0.3) is 0 Å². The summed E-state index contributed by atoms with van der Waals surface area (Å²) in [7, 11) is 0. The first-order valence-corrected chi connectivity index (χ1v) is 6.45. The van der Waals surface area contributed by atoms with Crippen LogP contribution in [0.4, 0.5) is 4.79 Å². The zero-order valence-corrected chi connectivity index (χ0v) is 11.7. The van der Waals surface area contributed by atoms with Crippen LogP contribution in [0.15, 0.2) is 0 Å². The predicted octanol–water partition coefficient (Wildman–Crippen LogP) is 2.42. The molecule has 1 rings (SSSR count). The third-order valence-corrected chi connectivity index (χ3v) is 3.59. The Balaban J connectivity index is 2.44. The number of nitrogens with two attached hydrogens (primary N) is 1. The van der Waals surface area contributed by atoms with Crippen LogP contribution in [-0.4, -0.2) is 23.8 Å². The molecule has 0 saturated heterocycles. The Kier molecular flexibility index (Phi) is 4.07. The lowest BCUT2D eigenvalue weighted by atomic mass is 9.89. The average molecular weight is 242 g/mol. The van der Waals surface area contributed by atoms with Crippen molar-refractivity contribution in [2.75, 3.05) is 0 Å². The minimum atomic E-state index is -0.462. The molecule has 1 fully saturated rings. The summed E-state index contributed by atoms with van der Waals surface area (Å²) in [4.78, 5) is 11.6. The minimum Gasteiger partial charge on any atom is -0.444 e. The Morgan fingerprint density at radius 3 is 2.35 bits per heavy atom. The van der Waals surface area contributed by atoms with Crippen LogP contribution < -0.4 is 11.1 Å². The summed E-state index contributed by atoms with van der Waals surface area (Å²) in [6.45, 7) is 9.67. The lowest BCUT2D eigenvalue weighted by Crippen LogP contribution is -2.51. The summed E-state index contributed by atoms with van der Waals surface area (Å²) in [6.07, 6.45) is 3.04. The monoisotopic (exact) mass is 242 g/mol. The molecule has 1 aliphatic rings. The highest BCUT2D eigenvalue weighted by Gasteiger charge is 2.48. The fourth-order valence-electron chi connectivity index (χ4n) is 2.20. The number of carbonyl (C=O) groups excluding carboxylic acids is 1. The lowest BCUT2D eigenvalue weighted by Gasteiger charge is -2.29. The highest BCUT2D eigenvalue weighted by molar-refractivity contribution is 5.68. The molecule has 0 aromatic carbocycles. The van der Waals surface area contributed by atoms with Gasteiger partial charge in [-0.3, -0.25) is 0 Å². The summed E-state index contributed by atoms with van der Waals surface area (Å²) in [6, 6.07) is -0.0349. The van der Waals surface area contributed by atoms with Crippen LogP contribution in [0.25, 0.3) is 0 Å². The number of hydrogen-bond acceptors (Lipinski definition) is 3. The SMILES string of the molecule is CCC1([C@@H](N)[C@H](C)NC(=O)OC(C)(C)C)CC1. The summed E-state index contributed by atoms with van der Waals surface area (Å²) in [5.74, 6) is 0. The fraction of sp³-hybridized carbons (Fsp3) is 0.923. The van der Waals surface area contributed by atoms with E-state index >= 15 is 0 Å². The molecule has 0 aliphatic heterocycles. The van der Waals surface area contributed by atoms with Crippen LogP contribution in [0.5, 0.6) is 0 Å². The number of rotatable bonds is 4. The molecule has 0 aromatic rings. The van der Waals surface area contributed by atoms with E-state index < -0.39 is 5.60 Å². The van der Waals surface area contributed by atoms with Crippen molar-refractivity contribution in [3.8, 4) is 0 Å². The van der Waals surface area contributed by atoms with E-state index in [1.165, 1.54) is 12.8 Å². The summed E-state index contributed by atoms with van der Waals surface area (Å²) < 4.78 is 5.22. The molecule has 100 valence electrons. The molecule has 0 bridgehead atoms. The molecule has 0 spiro atoms. The van der Waals surface area contributed by atoms with Gasteiger partial charge in [-0.15, -0.1) is 0 Å². The van der Waals surface area contributed by atoms with Gasteiger partial charge in [-0.05, 0) is 52.4 Å². The normalized spacial score (nSPS) is 21.5. The molecule has 0 radical (unpaired) electrons. The van der Waals surface area contributed by atoms with Gasteiger partial charge in [0.2, 0.25) is 0 Å². The van der Waals surface area contributed by atoms with Crippen LogP contribution in [0, 0.1) is 5.41 Å². The molecule has 1 amide bonds.